The Kier molecular flexibility index (Phi) is 18.8. The van der Waals surface area contributed by atoms with Crippen molar-refractivity contribution in [2.75, 3.05) is 0 Å². The van der Waals surface area contributed by atoms with E-state index in [0.717, 1.165) is 56.2 Å². The molecule has 0 aliphatic heterocycles. The monoisotopic (exact) mass is 402 g/mol. The number of carboxylic acids is 1. The molecule has 0 radical (unpaired) electrons. The summed E-state index contributed by atoms with van der Waals surface area (Å²) in [5.74, 6) is -1.04. The molecule has 0 fully saturated rings. The minimum atomic E-state index is -0.723. The van der Waals surface area contributed by atoms with Gasteiger partial charge in [-0.1, -0.05) is 86.3 Å². The van der Waals surface area contributed by atoms with Gasteiger partial charge in [-0.05, 0) is 69.6 Å². The first kappa shape index (κ1) is 26.3. The Morgan fingerprint density at radius 1 is 0.821 bits per heavy atom. The van der Waals surface area contributed by atoms with Gasteiger partial charge < -0.3 is 5.11 Å². The number of hydrogen-bond donors (Lipinski definition) is 1. The Balaban J connectivity index is 3.65. The summed E-state index contributed by atoms with van der Waals surface area (Å²) in [6, 6.07) is 0. The fourth-order valence-electron chi connectivity index (χ4n) is 2.68. The van der Waals surface area contributed by atoms with E-state index < -0.39 is 5.97 Å². The highest BCUT2D eigenvalue weighted by molar-refractivity contribution is 7.80. The maximum absolute atomic E-state index is 11.2. The van der Waals surface area contributed by atoms with Gasteiger partial charge in [-0.15, -0.1) is 0 Å². The first-order chi connectivity index (χ1) is 13.6. The summed E-state index contributed by atoms with van der Waals surface area (Å²) in [4.78, 5) is 11.9. The molecular formula is C25H38O2S. The second-order valence-electron chi connectivity index (χ2n) is 6.93. The number of rotatable bonds is 17. The number of unbranched alkanes of at least 4 members (excludes halogenated alkanes) is 2. The minimum Gasteiger partial charge on any atom is -0.481 e. The molecular weight excluding hydrogens is 364 g/mol. The van der Waals surface area contributed by atoms with Gasteiger partial charge in [-0.2, -0.15) is 0 Å². The molecule has 0 saturated heterocycles. The van der Waals surface area contributed by atoms with Crippen LogP contribution in [0.25, 0.3) is 0 Å². The topological polar surface area (TPSA) is 37.3 Å². The lowest BCUT2D eigenvalue weighted by atomic mass is 9.96. The van der Waals surface area contributed by atoms with Crippen molar-refractivity contribution < 1.29 is 9.90 Å². The fraction of sp³-hybridized carbons (Fsp3) is 0.520. The number of aliphatic carboxylic acids is 1. The molecule has 0 amide bonds. The summed E-state index contributed by atoms with van der Waals surface area (Å²) in [6.07, 6.45) is 31.3. The van der Waals surface area contributed by atoms with Crippen LogP contribution in [0.3, 0.4) is 0 Å². The van der Waals surface area contributed by atoms with Crippen molar-refractivity contribution in [2.24, 2.45) is 5.92 Å². The van der Waals surface area contributed by atoms with Crippen LogP contribution in [-0.4, -0.2) is 15.9 Å². The van der Waals surface area contributed by atoms with Gasteiger partial charge in [-0.25, -0.2) is 0 Å². The summed E-state index contributed by atoms with van der Waals surface area (Å²) < 4.78 is 0. The number of allylic oxidation sites excluding steroid dienone is 10. The van der Waals surface area contributed by atoms with Crippen LogP contribution >= 0.6 is 12.2 Å². The summed E-state index contributed by atoms with van der Waals surface area (Å²) in [5.41, 5.74) is 0. The van der Waals surface area contributed by atoms with E-state index in [1.54, 1.807) is 0 Å². The molecule has 156 valence electrons. The molecule has 1 atom stereocenters. The molecule has 1 N–H and O–H groups in total. The van der Waals surface area contributed by atoms with Crippen molar-refractivity contribution in [2.45, 2.75) is 78.1 Å². The number of hydrogen-bond acceptors (Lipinski definition) is 2. The Labute approximate surface area is 177 Å². The minimum absolute atomic E-state index is 0.314. The smallest absolute Gasteiger partial charge is 0.306 e. The Morgan fingerprint density at radius 3 is 1.71 bits per heavy atom. The normalized spacial score (nSPS) is 13.6. The Bertz CT molecular complexity index is 553. The zero-order chi connectivity index (χ0) is 20.9. The van der Waals surface area contributed by atoms with Gasteiger partial charge >= 0.3 is 5.97 Å². The van der Waals surface area contributed by atoms with Gasteiger partial charge in [0, 0.05) is 0 Å². The van der Waals surface area contributed by atoms with Crippen LogP contribution in [0.1, 0.15) is 78.1 Å². The van der Waals surface area contributed by atoms with E-state index >= 15 is 0 Å². The molecule has 2 nitrogen and oxygen atoms in total. The van der Waals surface area contributed by atoms with Crippen molar-refractivity contribution in [3.05, 3.63) is 60.8 Å². The highest BCUT2D eigenvalue weighted by Gasteiger charge is 2.16. The second kappa shape index (κ2) is 20.0. The van der Waals surface area contributed by atoms with Gasteiger partial charge in [0.1, 0.15) is 0 Å². The van der Waals surface area contributed by atoms with Gasteiger partial charge in [0.15, 0.2) is 0 Å². The number of thiocarbonyl (C=S) groups is 1. The summed E-state index contributed by atoms with van der Waals surface area (Å²) in [6.45, 7) is 3.97. The second-order valence-corrected chi connectivity index (χ2v) is 7.63. The van der Waals surface area contributed by atoms with Crippen LogP contribution in [0, 0.1) is 5.92 Å². The molecule has 0 spiro atoms. The number of carbonyl (C=O) groups is 1. The van der Waals surface area contributed by atoms with Crippen molar-refractivity contribution in [1.82, 2.24) is 0 Å². The van der Waals surface area contributed by atoms with E-state index in [2.05, 4.69) is 67.7 Å². The highest BCUT2D eigenvalue weighted by Crippen LogP contribution is 2.15. The predicted octanol–water partition coefficient (Wildman–Crippen LogP) is 7.78. The lowest BCUT2D eigenvalue weighted by Gasteiger charge is -2.10. The third-order valence-electron chi connectivity index (χ3n) is 4.21. The first-order valence-corrected chi connectivity index (χ1v) is 11.0. The molecule has 0 aromatic rings. The summed E-state index contributed by atoms with van der Waals surface area (Å²) in [7, 11) is 0. The Morgan fingerprint density at radius 2 is 1.29 bits per heavy atom. The van der Waals surface area contributed by atoms with Crippen molar-refractivity contribution in [3.8, 4) is 0 Å². The molecule has 3 heteroatoms. The molecule has 0 aromatic carbocycles. The zero-order valence-corrected chi connectivity index (χ0v) is 18.5. The van der Waals surface area contributed by atoms with E-state index in [1.807, 2.05) is 6.92 Å². The first-order valence-electron chi connectivity index (χ1n) is 10.5. The van der Waals surface area contributed by atoms with Gasteiger partial charge in [0.25, 0.3) is 0 Å². The standard InChI is InChI=1S/C25H38O2S/c1-3-4-5-6-7-8-9-10-11-12-13-14-15-16-17-18-19-20-21-24(25(26)27)22-23(2)28/h4-5,7-8,10-11,13-14,16-17,24H,3,6,9,12,15,18-22H2,1-2H3,(H,26,27). The maximum Gasteiger partial charge on any atom is 0.306 e. The van der Waals surface area contributed by atoms with E-state index in [9.17, 15) is 9.90 Å². The zero-order valence-electron chi connectivity index (χ0n) is 17.7. The molecule has 0 aliphatic rings. The largest absolute Gasteiger partial charge is 0.481 e. The predicted molar refractivity (Wildman–Crippen MR) is 127 cm³/mol. The van der Waals surface area contributed by atoms with Crippen LogP contribution in [0.2, 0.25) is 0 Å². The average Bonchev–Trinajstić information content (AvgIpc) is 2.65. The number of carboxylic acid groups (broad SMARTS) is 1. The van der Waals surface area contributed by atoms with Crippen LogP contribution < -0.4 is 0 Å². The average molecular weight is 403 g/mol. The van der Waals surface area contributed by atoms with E-state index in [-0.39, 0.29) is 5.92 Å². The van der Waals surface area contributed by atoms with Gasteiger partial charge in [-0.3, -0.25) is 4.79 Å². The lowest BCUT2D eigenvalue weighted by molar-refractivity contribution is -0.141. The molecule has 1 unspecified atom stereocenters. The fourth-order valence-corrected chi connectivity index (χ4v) is 2.88. The molecule has 0 saturated carbocycles. The highest BCUT2D eigenvalue weighted by atomic mass is 32.1. The quantitative estimate of drug-likeness (QED) is 0.153. The SMILES string of the molecule is CCC=CCC=CCC=CCC=CCC=CCCCCC(CC(C)=S)C(=O)O. The third-order valence-corrected chi connectivity index (χ3v) is 4.38. The van der Waals surface area contributed by atoms with E-state index in [0.29, 0.717) is 12.8 Å². The van der Waals surface area contributed by atoms with E-state index in [4.69, 9.17) is 12.2 Å². The van der Waals surface area contributed by atoms with Crippen molar-refractivity contribution >= 4 is 23.1 Å². The van der Waals surface area contributed by atoms with Crippen molar-refractivity contribution in [3.63, 3.8) is 0 Å². The summed E-state index contributed by atoms with van der Waals surface area (Å²) in [5, 5.41) is 9.17. The molecule has 0 aliphatic carbocycles. The van der Waals surface area contributed by atoms with Gasteiger partial charge in [0.05, 0.1) is 5.92 Å². The van der Waals surface area contributed by atoms with Crippen LogP contribution in [0.4, 0.5) is 0 Å². The van der Waals surface area contributed by atoms with Crippen LogP contribution in [-0.2, 0) is 4.79 Å². The molecule has 0 rings (SSSR count). The third kappa shape index (κ3) is 19.0. The maximum atomic E-state index is 11.2. The van der Waals surface area contributed by atoms with Crippen molar-refractivity contribution in [1.29, 1.82) is 0 Å². The summed E-state index contributed by atoms with van der Waals surface area (Å²) >= 11 is 5.02. The van der Waals surface area contributed by atoms with E-state index in [1.165, 1.54) is 0 Å². The van der Waals surface area contributed by atoms with Crippen LogP contribution in [0.5, 0.6) is 0 Å². The Hall–Kier alpha value is -1.74. The van der Waals surface area contributed by atoms with Gasteiger partial charge in [0.2, 0.25) is 0 Å². The van der Waals surface area contributed by atoms with Crippen LogP contribution in [0.15, 0.2) is 60.8 Å². The molecule has 0 bridgehead atoms. The lowest BCUT2D eigenvalue weighted by Crippen LogP contribution is -2.16. The molecule has 28 heavy (non-hydrogen) atoms. The molecule has 0 aromatic heterocycles. The molecule has 0 heterocycles.